The minimum Gasteiger partial charge on any atom is -0.452 e. The highest BCUT2D eigenvalue weighted by molar-refractivity contribution is 6.07. The first-order chi connectivity index (χ1) is 18.4. The van der Waals surface area contributed by atoms with E-state index < -0.39 is 18.5 Å². The molecule has 1 N–H and O–H groups in total. The lowest BCUT2D eigenvalue weighted by Crippen LogP contribution is -2.26. The third-order valence-electron chi connectivity index (χ3n) is 6.54. The van der Waals surface area contributed by atoms with E-state index in [1.807, 2.05) is 73.7 Å². The van der Waals surface area contributed by atoms with Crippen molar-refractivity contribution in [3.63, 3.8) is 0 Å². The molecule has 2 aromatic heterocycles. The van der Waals surface area contributed by atoms with E-state index >= 15 is 0 Å². The maximum Gasteiger partial charge on any atom is 0.339 e. The molecule has 0 saturated heterocycles. The van der Waals surface area contributed by atoms with Gasteiger partial charge in [-0.25, -0.2) is 14.5 Å². The number of rotatable bonds is 6. The third-order valence-corrected chi connectivity index (χ3v) is 6.54. The Hall–Kier alpha value is -4.98. The van der Waals surface area contributed by atoms with Crippen molar-refractivity contribution in [3.8, 4) is 16.9 Å². The Morgan fingerprint density at radius 3 is 2.24 bits per heavy atom. The molecule has 0 aliphatic carbocycles. The zero-order chi connectivity index (χ0) is 26.8. The Kier molecular flexibility index (Phi) is 6.62. The lowest BCUT2D eigenvalue weighted by atomic mass is 9.98. The second-order valence-electron chi connectivity index (χ2n) is 8.90. The van der Waals surface area contributed by atoms with Crippen molar-refractivity contribution in [3.05, 3.63) is 112 Å². The number of nitrogens with one attached hydrogen (secondary N) is 1. The van der Waals surface area contributed by atoms with Crippen LogP contribution in [0.25, 0.3) is 27.8 Å². The fourth-order valence-electron chi connectivity index (χ4n) is 4.54. The summed E-state index contributed by atoms with van der Waals surface area (Å²) >= 11 is 0. The maximum absolute atomic E-state index is 13.3. The number of ether oxygens (including phenoxy) is 1. The van der Waals surface area contributed by atoms with Crippen molar-refractivity contribution in [1.82, 2.24) is 14.3 Å². The lowest BCUT2D eigenvalue weighted by Gasteiger charge is -2.14. The van der Waals surface area contributed by atoms with E-state index in [1.165, 1.54) is 4.68 Å². The summed E-state index contributed by atoms with van der Waals surface area (Å²) < 4.78 is 8.58. The summed E-state index contributed by atoms with van der Waals surface area (Å²) in [6.45, 7) is 3.01. The molecule has 0 saturated carbocycles. The number of nitrogens with zero attached hydrogens (tertiary/aromatic N) is 3. The zero-order valence-electron chi connectivity index (χ0n) is 21.3. The molecule has 0 unspecified atom stereocenters. The minimum atomic E-state index is -0.639. The van der Waals surface area contributed by atoms with E-state index in [0.29, 0.717) is 39.1 Å². The summed E-state index contributed by atoms with van der Waals surface area (Å²) in [5, 5.41) is 3.26. The van der Waals surface area contributed by atoms with E-state index in [1.54, 1.807) is 36.9 Å². The van der Waals surface area contributed by atoms with Crippen molar-refractivity contribution < 1.29 is 14.3 Å². The van der Waals surface area contributed by atoms with E-state index in [0.717, 1.165) is 5.56 Å². The second kappa shape index (κ2) is 10.2. The van der Waals surface area contributed by atoms with Gasteiger partial charge in [0.1, 0.15) is 5.69 Å². The summed E-state index contributed by atoms with van der Waals surface area (Å²) in [4.78, 5) is 43.9. The molecule has 5 aromatic rings. The number of hydrogen-bond acceptors (Lipinski definition) is 5. The van der Waals surface area contributed by atoms with Crippen LogP contribution in [0.2, 0.25) is 0 Å². The Labute approximate surface area is 219 Å². The molecule has 8 nitrogen and oxygen atoms in total. The molecule has 3 aromatic carbocycles. The molecular weight excluding hydrogens is 480 g/mol. The SMILES string of the molecule is Cc1c(-c2ccccc2)nc2ccccc2c1C(=O)OCC(=O)Nc1c(C)n(C)n(-c2ccccc2)c1=O. The average molecular weight is 507 g/mol. The van der Waals surface area contributed by atoms with Gasteiger partial charge in [0.2, 0.25) is 0 Å². The van der Waals surface area contributed by atoms with Crippen LogP contribution in [0.15, 0.2) is 89.7 Å². The largest absolute Gasteiger partial charge is 0.452 e. The number of amides is 1. The van der Waals surface area contributed by atoms with Gasteiger partial charge in [0.15, 0.2) is 6.61 Å². The van der Waals surface area contributed by atoms with Crippen LogP contribution < -0.4 is 10.9 Å². The molecule has 2 heterocycles. The van der Waals surface area contributed by atoms with Crippen LogP contribution in [0.3, 0.4) is 0 Å². The van der Waals surface area contributed by atoms with Gasteiger partial charge in [-0.15, -0.1) is 0 Å². The highest BCUT2D eigenvalue weighted by atomic mass is 16.5. The molecule has 0 spiro atoms. The number of esters is 1. The quantitative estimate of drug-likeness (QED) is 0.334. The topological polar surface area (TPSA) is 95.2 Å². The van der Waals surface area contributed by atoms with Gasteiger partial charge in [-0.1, -0.05) is 66.7 Å². The maximum atomic E-state index is 13.3. The molecule has 38 heavy (non-hydrogen) atoms. The number of fused-ring (bicyclic) bond motifs is 1. The monoisotopic (exact) mass is 506 g/mol. The number of anilines is 1. The van der Waals surface area contributed by atoms with E-state index in [2.05, 4.69) is 5.32 Å². The van der Waals surface area contributed by atoms with Crippen LogP contribution in [0.4, 0.5) is 5.69 Å². The molecule has 0 atom stereocenters. The highest BCUT2D eigenvalue weighted by Gasteiger charge is 2.22. The highest BCUT2D eigenvalue weighted by Crippen LogP contribution is 2.30. The zero-order valence-corrected chi connectivity index (χ0v) is 21.3. The Morgan fingerprint density at radius 2 is 1.53 bits per heavy atom. The summed E-state index contributed by atoms with van der Waals surface area (Å²) in [6.07, 6.45) is 0. The summed E-state index contributed by atoms with van der Waals surface area (Å²) in [6, 6.07) is 26.0. The second-order valence-corrected chi connectivity index (χ2v) is 8.90. The molecule has 0 fully saturated rings. The molecule has 0 aliphatic rings. The molecule has 8 heteroatoms. The lowest BCUT2D eigenvalue weighted by molar-refractivity contribution is -0.119. The summed E-state index contributed by atoms with van der Waals surface area (Å²) in [5.74, 6) is -1.25. The van der Waals surface area contributed by atoms with Crippen LogP contribution in [0, 0.1) is 13.8 Å². The molecule has 0 aliphatic heterocycles. The number of pyridine rings is 1. The molecular formula is C30H26N4O4. The van der Waals surface area contributed by atoms with E-state index in [4.69, 9.17) is 9.72 Å². The number of hydrogen-bond donors (Lipinski definition) is 1. The van der Waals surface area contributed by atoms with Crippen LogP contribution in [0.5, 0.6) is 0 Å². The van der Waals surface area contributed by atoms with Crippen molar-refractivity contribution in [2.24, 2.45) is 7.05 Å². The molecule has 5 rings (SSSR count). The fraction of sp³-hybridized carbons (Fsp3) is 0.133. The summed E-state index contributed by atoms with van der Waals surface area (Å²) in [5.41, 5.74) is 4.20. The number of carbonyl (C=O) groups is 2. The van der Waals surface area contributed by atoms with Gasteiger partial charge < -0.3 is 10.1 Å². The number of benzene rings is 3. The predicted octanol–water partition coefficient (Wildman–Crippen LogP) is 4.80. The molecule has 0 bridgehead atoms. The van der Waals surface area contributed by atoms with Crippen molar-refractivity contribution in [2.45, 2.75) is 13.8 Å². The van der Waals surface area contributed by atoms with E-state index in [-0.39, 0.29) is 11.2 Å². The first-order valence-electron chi connectivity index (χ1n) is 12.1. The van der Waals surface area contributed by atoms with Crippen molar-refractivity contribution >= 4 is 28.5 Å². The van der Waals surface area contributed by atoms with Crippen LogP contribution >= 0.6 is 0 Å². The standard InChI is InChI=1S/C30H26N4O4/c1-19-26(23-16-10-11-17-24(23)31-27(19)21-12-6-4-7-13-21)30(37)38-18-25(35)32-28-20(2)33(3)34(29(28)36)22-14-8-5-9-15-22/h4-17H,18H2,1-3H3,(H,32,35). The molecule has 1 amide bonds. The van der Waals surface area contributed by atoms with Crippen LogP contribution in [0.1, 0.15) is 21.6 Å². The minimum absolute atomic E-state index is 0.134. The number of carbonyl (C=O) groups excluding carboxylic acids is 2. The number of para-hydroxylation sites is 2. The van der Waals surface area contributed by atoms with Crippen LogP contribution in [-0.4, -0.2) is 32.8 Å². The van der Waals surface area contributed by atoms with Gasteiger partial charge in [-0.05, 0) is 37.6 Å². The van der Waals surface area contributed by atoms with Gasteiger partial charge in [0.05, 0.1) is 28.2 Å². The summed E-state index contributed by atoms with van der Waals surface area (Å²) in [7, 11) is 1.74. The Balaban J connectivity index is 1.40. The fourth-order valence-corrected chi connectivity index (χ4v) is 4.54. The van der Waals surface area contributed by atoms with Gasteiger partial charge in [0.25, 0.3) is 11.5 Å². The third kappa shape index (κ3) is 4.48. The average Bonchev–Trinajstić information content (AvgIpc) is 3.15. The smallest absolute Gasteiger partial charge is 0.339 e. The van der Waals surface area contributed by atoms with Crippen molar-refractivity contribution in [2.75, 3.05) is 11.9 Å². The van der Waals surface area contributed by atoms with Crippen molar-refractivity contribution in [1.29, 1.82) is 0 Å². The first kappa shape index (κ1) is 24.7. The Bertz CT molecular complexity index is 1720. The van der Waals surface area contributed by atoms with Gasteiger partial charge >= 0.3 is 5.97 Å². The van der Waals surface area contributed by atoms with Gasteiger partial charge in [0, 0.05) is 18.0 Å². The van der Waals surface area contributed by atoms with Gasteiger partial charge in [-0.2, -0.15) is 0 Å². The number of aromatic nitrogens is 3. The predicted molar refractivity (Wildman–Crippen MR) is 147 cm³/mol. The first-order valence-corrected chi connectivity index (χ1v) is 12.1. The molecule has 0 radical (unpaired) electrons. The normalized spacial score (nSPS) is 10.9. The van der Waals surface area contributed by atoms with E-state index in [9.17, 15) is 14.4 Å². The van der Waals surface area contributed by atoms with Gasteiger partial charge in [-0.3, -0.25) is 14.3 Å². The van der Waals surface area contributed by atoms with Crippen LogP contribution in [-0.2, 0) is 16.6 Å². The Morgan fingerprint density at radius 1 is 0.895 bits per heavy atom. The molecule has 190 valence electrons.